The van der Waals surface area contributed by atoms with Crippen LogP contribution in [0.4, 0.5) is 0 Å². The number of rotatable bonds is 2. The Hall–Kier alpha value is -1.44. The molecule has 1 unspecified atom stereocenters. The maximum Gasteiger partial charge on any atom is 0.123 e. The number of hydrogen-bond donors (Lipinski definition) is 0. The molecule has 1 atom stereocenters. The van der Waals surface area contributed by atoms with Crippen LogP contribution in [0.25, 0.3) is 0 Å². The van der Waals surface area contributed by atoms with E-state index in [1.165, 1.54) is 5.56 Å². The number of benzene rings is 1. The van der Waals surface area contributed by atoms with Crippen molar-refractivity contribution in [3.63, 3.8) is 0 Å². The van der Waals surface area contributed by atoms with Gasteiger partial charge in [0.2, 0.25) is 0 Å². The van der Waals surface area contributed by atoms with E-state index in [9.17, 15) is 0 Å². The van der Waals surface area contributed by atoms with Crippen molar-refractivity contribution >= 4 is 0 Å². The van der Waals surface area contributed by atoms with Crippen LogP contribution in [0, 0.1) is 0 Å². The molecule has 0 bridgehead atoms. The molecule has 1 aromatic rings. The fourth-order valence-corrected chi connectivity index (χ4v) is 1.68. The third-order valence-corrected chi connectivity index (χ3v) is 2.51. The molecule has 0 amide bonds. The largest absolute Gasteiger partial charge is 0.497 e. The zero-order valence-corrected chi connectivity index (χ0v) is 8.32. The Labute approximate surface area is 84.2 Å². The highest BCUT2D eigenvalue weighted by Gasteiger charge is 2.17. The van der Waals surface area contributed by atoms with E-state index in [4.69, 9.17) is 9.47 Å². The second kappa shape index (κ2) is 3.74. The lowest BCUT2D eigenvalue weighted by Crippen LogP contribution is -2.19. The first-order chi connectivity index (χ1) is 6.83. The van der Waals surface area contributed by atoms with Crippen molar-refractivity contribution in [3.05, 3.63) is 36.4 Å². The molecule has 14 heavy (non-hydrogen) atoms. The van der Waals surface area contributed by atoms with Gasteiger partial charge in [-0.1, -0.05) is 12.7 Å². The Kier molecular flexibility index (Phi) is 2.44. The van der Waals surface area contributed by atoms with E-state index in [2.05, 4.69) is 6.58 Å². The molecule has 0 radical (unpaired) electrons. The second-order valence-corrected chi connectivity index (χ2v) is 3.40. The Morgan fingerprint density at radius 2 is 2.43 bits per heavy atom. The van der Waals surface area contributed by atoms with Crippen LogP contribution in [0.15, 0.2) is 30.9 Å². The first kappa shape index (κ1) is 9.13. The lowest BCUT2D eigenvalue weighted by Gasteiger charge is -2.23. The van der Waals surface area contributed by atoms with Crippen LogP contribution in [0.3, 0.4) is 0 Å². The van der Waals surface area contributed by atoms with Gasteiger partial charge in [-0.05, 0) is 36.6 Å². The molecule has 0 aliphatic carbocycles. The molecule has 0 saturated heterocycles. The molecular formula is C12H14O2. The predicted molar refractivity (Wildman–Crippen MR) is 55.9 cm³/mol. The summed E-state index contributed by atoms with van der Waals surface area (Å²) in [4.78, 5) is 0. The van der Waals surface area contributed by atoms with Crippen molar-refractivity contribution in [2.75, 3.05) is 7.11 Å². The van der Waals surface area contributed by atoms with E-state index in [1.54, 1.807) is 7.11 Å². The third kappa shape index (κ3) is 1.60. The summed E-state index contributed by atoms with van der Waals surface area (Å²) in [5.74, 6) is 1.85. The van der Waals surface area contributed by atoms with E-state index in [1.807, 2.05) is 24.3 Å². The zero-order chi connectivity index (χ0) is 9.97. The van der Waals surface area contributed by atoms with Gasteiger partial charge >= 0.3 is 0 Å². The minimum atomic E-state index is 0.163. The molecule has 0 spiro atoms. The molecule has 1 aliphatic rings. The second-order valence-electron chi connectivity index (χ2n) is 3.40. The van der Waals surface area contributed by atoms with Crippen LogP contribution in [0.1, 0.15) is 12.0 Å². The lowest BCUT2D eigenvalue weighted by molar-refractivity contribution is 0.218. The first-order valence-corrected chi connectivity index (χ1v) is 4.79. The average Bonchev–Trinajstić information content (AvgIpc) is 2.27. The highest BCUT2D eigenvalue weighted by Crippen LogP contribution is 2.30. The van der Waals surface area contributed by atoms with Crippen LogP contribution >= 0.6 is 0 Å². The Balaban J connectivity index is 2.27. The molecule has 1 aromatic carbocycles. The van der Waals surface area contributed by atoms with Gasteiger partial charge in [0.05, 0.1) is 7.11 Å². The minimum absolute atomic E-state index is 0.163. The van der Waals surface area contributed by atoms with Crippen molar-refractivity contribution < 1.29 is 9.47 Å². The summed E-state index contributed by atoms with van der Waals surface area (Å²) in [6.45, 7) is 3.74. The van der Waals surface area contributed by atoms with Gasteiger partial charge in [-0.3, -0.25) is 0 Å². The van der Waals surface area contributed by atoms with Gasteiger partial charge in [0.25, 0.3) is 0 Å². The smallest absolute Gasteiger partial charge is 0.123 e. The van der Waals surface area contributed by atoms with E-state index in [-0.39, 0.29) is 6.10 Å². The molecule has 0 fully saturated rings. The van der Waals surface area contributed by atoms with Crippen LogP contribution in [-0.2, 0) is 6.42 Å². The van der Waals surface area contributed by atoms with Crippen molar-refractivity contribution in [1.82, 2.24) is 0 Å². The molecule has 0 saturated carbocycles. The lowest BCUT2D eigenvalue weighted by atomic mass is 10.0. The molecule has 2 heteroatoms. The van der Waals surface area contributed by atoms with Crippen molar-refractivity contribution in [2.24, 2.45) is 0 Å². The molecule has 0 aromatic heterocycles. The number of fused-ring (bicyclic) bond motifs is 1. The first-order valence-electron chi connectivity index (χ1n) is 4.79. The summed E-state index contributed by atoms with van der Waals surface area (Å²) in [7, 11) is 1.68. The Morgan fingerprint density at radius 1 is 1.57 bits per heavy atom. The quantitative estimate of drug-likeness (QED) is 0.667. The highest BCUT2D eigenvalue weighted by molar-refractivity contribution is 5.41. The predicted octanol–water partition coefficient (Wildman–Crippen LogP) is 2.57. The average molecular weight is 190 g/mol. The summed E-state index contributed by atoms with van der Waals surface area (Å²) < 4.78 is 10.9. The molecule has 1 heterocycles. The van der Waals surface area contributed by atoms with E-state index in [0.717, 1.165) is 24.3 Å². The molecular weight excluding hydrogens is 176 g/mol. The molecule has 0 N–H and O–H groups in total. The van der Waals surface area contributed by atoms with Crippen molar-refractivity contribution in [3.8, 4) is 11.5 Å². The van der Waals surface area contributed by atoms with Gasteiger partial charge in [0.1, 0.15) is 17.6 Å². The van der Waals surface area contributed by atoms with Gasteiger partial charge in [0, 0.05) is 0 Å². The fraction of sp³-hybridized carbons (Fsp3) is 0.333. The molecule has 2 nitrogen and oxygen atoms in total. The van der Waals surface area contributed by atoms with E-state index >= 15 is 0 Å². The van der Waals surface area contributed by atoms with E-state index < -0.39 is 0 Å². The number of methoxy groups -OCH3 is 1. The molecule has 2 rings (SSSR count). The van der Waals surface area contributed by atoms with Crippen molar-refractivity contribution in [2.45, 2.75) is 18.9 Å². The van der Waals surface area contributed by atoms with E-state index in [0.29, 0.717) is 0 Å². The van der Waals surface area contributed by atoms with Gasteiger partial charge in [0.15, 0.2) is 0 Å². The van der Waals surface area contributed by atoms with Crippen LogP contribution in [0.5, 0.6) is 11.5 Å². The maximum atomic E-state index is 5.71. The maximum absolute atomic E-state index is 5.71. The van der Waals surface area contributed by atoms with Gasteiger partial charge in [-0.15, -0.1) is 0 Å². The fourth-order valence-electron chi connectivity index (χ4n) is 1.68. The zero-order valence-electron chi connectivity index (χ0n) is 8.32. The number of hydrogen-bond acceptors (Lipinski definition) is 2. The topological polar surface area (TPSA) is 18.5 Å². The third-order valence-electron chi connectivity index (χ3n) is 2.51. The molecule has 74 valence electrons. The number of ether oxygens (including phenoxy) is 2. The monoisotopic (exact) mass is 190 g/mol. The Bertz CT molecular complexity index is 344. The number of aryl methyl sites for hydroxylation is 1. The summed E-state index contributed by atoms with van der Waals surface area (Å²) in [6, 6.07) is 5.92. The van der Waals surface area contributed by atoms with Gasteiger partial charge in [-0.25, -0.2) is 0 Å². The summed E-state index contributed by atoms with van der Waals surface area (Å²) >= 11 is 0. The highest BCUT2D eigenvalue weighted by atomic mass is 16.5. The normalized spacial score (nSPS) is 19.4. The summed E-state index contributed by atoms with van der Waals surface area (Å²) in [5.41, 5.74) is 1.22. The standard InChI is InChI=1S/C12H14O2/c1-3-10-5-4-9-8-11(13-2)6-7-12(9)14-10/h3,6-8,10H,1,4-5H2,2H3. The van der Waals surface area contributed by atoms with Gasteiger partial charge in [-0.2, -0.15) is 0 Å². The van der Waals surface area contributed by atoms with Crippen LogP contribution in [-0.4, -0.2) is 13.2 Å². The molecule has 1 aliphatic heterocycles. The summed E-state index contributed by atoms with van der Waals surface area (Å²) in [6.07, 6.45) is 4.05. The van der Waals surface area contributed by atoms with Crippen LogP contribution in [0.2, 0.25) is 0 Å². The summed E-state index contributed by atoms with van der Waals surface area (Å²) in [5, 5.41) is 0. The SMILES string of the molecule is C=CC1CCc2cc(OC)ccc2O1. The van der Waals surface area contributed by atoms with Crippen LogP contribution < -0.4 is 9.47 Å². The Morgan fingerprint density at radius 3 is 3.14 bits per heavy atom. The van der Waals surface area contributed by atoms with Crippen molar-refractivity contribution in [1.29, 1.82) is 0 Å². The van der Waals surface area contributed by atoms with Gasteiger partial charge < -0.3 is 9.47 Å². The minimum Gasteiger partial charge on any atom is -0.497 e.